The highest BCUT2D eigenvalue weighted by atomic mass is 16.3. The maximum atomic E-state index is 11.9. The van der Waals surface area contributed by atoms with E-state index in [2.05, 4.69) is 5.32 Å². The summed E-state index contributed by atoms with van der Waals surface area (Å²) in [5.41, 5.74) is 0.246. The number of aromatic hydroxyl groups is 2. The minimum Gasteiger partial charge on any atom is -0.504 e. The minimum atomic E-state index is -0.378. The van der Waals surface area contributed by atoms with E-state index in [1.165, 1.54) is 24.6 Å². The second-order valence-electron chi connectivity index (χ2n) is 5.15. The number of piperidine rings is 1. The van der Waals surface area contributed by atoms with Gasteiger partial charge in [0.05, 0.1) is 0 Å². The maximum Gasteiger partial charge on any atom is 0.251 e. The van der Waals surface area contributed by atoms with Crippen LogP contribution in [0, 0.1) is 0 Å². The van der Waals surface area contributed by atoms with Crippen molar-refractivity contribution < 1.29 is 19.8 Å². The third-order valence-corrected chi connectivity index (χ3v) is 3.57. The third-order valence-electron chi connectivity index (χ3n) is 3.57. The van der Waals surface area contributed by atoms with Crippen LogP contribution in [0.3, 0.4) is 0 Å². The van der Waals surface area contributed by atoms with Crippen molar-refractivity contribution in [1.82, 2.24) is 10.2 Å². The van der Waals surface area contributed by atoms with Crippen LogP contribution in [-0.4, -0.2) is 46.6 Å². The zero-order valence-corrected chi connectivity index (χ0v) is 11.8. The van der Waals surface area contributed by atoms with Crippen molar-refractivity contribution in [2.75, 3.05) is 19.6 Å². The van der Waals surface area contributed by atoms with Crippen molar-refractivity contribution >= 4 is 11.8 Å². The van der Waals surface area contributed by atoms with E-state index in [-0.39, 0.29) is 41.8 Å². The van der Waals surface area contributed by atoms with Crippen LogP contribution in [0.5, 0.6) is 11.5 Å². The van der Waals surface area contributed by atoms with E-state index in [0.29, 0.717) is 0 Å². The third kappa shape index (κ3) is 4.11. The van der Waals surface area contributed by atoms with Gasteiger partial charge in [-0.3, -0.25) is 9.59 Å². The lowest BCUT2D eigenvalue weighted by molar-refractivity contribution is -0.131. The molecule has 21 heavy (non-hydrogen) atoms. The fourth-order valence-electron chi connectivity index (χ4n) is 2.35. The van der Waals surface area contributed by atoms with Crippen molar-refractivity contribution in [1.29, 1.82) is 0 Å². The van der Waals surface area contributed by atoms with Gasteiger partial charge in [0, 0.05) is 31.6 Å². The van der Waals surface area contributed by atoms with Gasteiger partial charge in [-0.2, -0.15) is 0 Å². The molecule has 0 unspecified atom stereocenters. The molecule has 0 aromatic heterocycles. The summed E-state index contributed by atoms with van der Waals surface area (Å²) in [7, 11) is 0. The number of rotatable bonds is 4. The van der Waals surface area contributed by atoms with Crippen LogP contribution in [0.25, 0.3) is 0 Å². The predicted octanol–water partition coefficient (Wildman–Crippen LogP) is 1.23. The monoisotopic (exact) mass is 292 g/mol. The molecule has 0 radical (unpaired) electrons. The molecule has 6 nitrogen and oxygen atoms in total. The summed E-state index contributed by atoms with van der Waals surface area (Å²) in [5.74, 6) is -0.931. The maximum absolute atomic E-state index is 11.9. The molecule has 2 amide bonds. The Bertz CT molecular complexity index is 524. The molecule has 1 aromatic rings. The van der Waals surface area contributed by atoms with Crippen molar-refractivity contribution in [3.05, 3.63) is 23.8 Å². The normalized spacial score (nSPS) is 14.8. The van der Waals surface area contributed by atoms with Gasteiger partial charge in [-0.05, 0) is 37.5 Å². The second-order valence-corrected chi connectivity index (χ2v) is 5.15. The molecular weight excluding hydrogens is 272 g/mol. The first-order valence-corrected chi connectivity index (χ1v) is 7.16. The van der Waals surface area contributed by atoms with Gasteiger partial charge in [0.2, 0.25) is 5.91 Å². The summed E-state index contributed by atoms with van der Waals surface area (Å²) in [6.45, 7) is 1.87. The molecule has 6 heteroatoms. The van der Waals surface area contributed by atoms with E-state index in [9.17, 15) is 19.8 Å². The van der Waals surface area contributed by atoms with Gasteiger partial charge in [-0.15, -0.1) is 0 Å². The number of benzene rings is 1. The van der Waals surface area contributed by atoms with Crippen LogP contribution < -0.4 is 5.32 Å². The molecule has 3 N–H and O–H groups in total. The Labute approximate surface area is 123 Å². The van der Waals surface area contributed by atoms with Crippen molar-refractivity contribution in [2.24, 2.45) is 0 Å². The van der Waals surface area contributed by atoms with E-state index < -0.39 is 0 Å². The van der Waals surface area contributed by atoms with Crippen molar-refractivity contribution in [3.63, 3.8) is 0 Å². The SMILES string of the molecule is O=C(NCCC(=O)N1CCCCC1)c1ccc(O)c(O)c1. The van der Waals surface area contributed by atoms with Crippen LogP contribution in [-0.2, 0) is 4.79 Å². The second kappa shape index (κ2) is 6.97. The topological polar surface area (TPSA) is 89.9 Å². The number of likely N-dealkylation sites (tertiary alicyclic amines) is 1. The summed E-state index contributed by atoms with van der Waals surface area (Å²) >= 11 is 0. The summed E-state index contributed by atoms with van der Waals surface area (Å²) < 4.78 is 0. The number of hydrogen-bond donors (Lipinski definition) is 3. The average Bonchev–Trinajstić information content (AvgIpc) is 2.50. The van der Waals surface area contributed by atoms with Crippen molar-refractivity contribution in [2.45, 2.75) is 25.7 Å². The number of nitrogens with zero attached hydrogens (tertiary/aromatic N) is 1. The van der Waals surface area contributed by atoms with Crippen LogP contribution in [0.4, 0.5) is 0 Å². The first-order valence-electron chi connectivity index (χ1n) is 7.16. The zero-order chi connectivity index (χ0) is 15.2. The Morgan fingerprint density at radius 1 is 1.10 bits per heavy atom. The lowest BCUT2D eigenvalue weighted by atomic mass is 10.1. The van der Waals surface area contributed by atoms with Gasteiger partial charge in [-0.1, -0.05) is 0 Å². The molecule has 1 aliphatic heterocycles. The number of amides is 2. The molecule has 0 bridgehead atoms. The van der Waals surface area contributed by atoms with Gasteiger partial charge in [0.25, 0.3) is 5.91 Å². The van der Waals surface area contributed by atoms with E-state index in [0.717, 1.165) is 25.9 Å². The van der Waals surface area contributed by atoms with Gasteiger partial charge >= 0.3 is 0 Å². The summed E-state index contributed by atoms with van der Waals surface area (Å²) in [4.78, 5) is 25.6. The highest BCUT2D eigenvalue weighted by Crippen LogP contribution is 2.24. The standard InChI is InChI=1S/C15H20N2O4/c18-12-5-4-11(10-13(12)19)15(21)16-7-6-14(20)17-8-2-1-3-9-17/h4-5,10,18-19H,1-3,6-9H2,(H,16,21). The van der Waals surface area contributed by atoms with Gasteiger partial charge in [0.1, 0.15) is 0 Å². The Morgan fingerprint density at radius 2 is 1.81 bits per heavy atom. The number of nitrogens with one attached hydrogen (secondary N) is 1. The lowest BCUT2D eigenvalue weighted by Gasteiger charge is -2.26. The predicted molar refractivity (Wildman–Crippen MR) is 77.2 cm³/mol. The van der Waals surface area contributed by atoms with Crippen LogP contribution in [0.1, 0.15) is 36.0 Å². The average molecular weight is 292 g/mol. The lowest BCUT2D eigenvalue weighted by Crippen LogP contribution is -2.37. The zero-order valence-electron chi connectivity index (χ0n) is 11.8. The molecule has 0 saturated carbocycles. The number of carbonyl (C=O) groups is 2. The Kier molecular flexibility index (Phi) is 5.03. The van der Waals surface area contributed by atoms with E-state index >= 15 is 0 Å². The summed E-state index contributed by atoms with van der Waals surface area (Å²) in [6, 6.07) is 3.86. The molecule has 2 rings (SSSR count). The first-order chi connectivity index (χ1) is 10.1. The van der Waals surface area contributed by atoms with Gasteiger partial charge < -0.3 is 20.4 Å². The minimum absolute atomic E-state index is 0.0588. The Balaban J connectivity index is 1.78. The molecule has 0 atom stereocenters. The summed E-state index contributed by atoms with van der Waals surface area (Å²) in [5, 5.41) is 21.2. The van der Waals surface area contributed by atoms with Gasteiger partial charge in [0.15, 0.2) is 11.5 Å². The molecule has 1 saturated heterocycles. The molecule has 0 spiro atoms. The van der Waals surface area contributed by atoms with Crippen LogP contribution in [0.2, 0.25) is 0 Å². The van der Waals surface area contributed by atoms with Crippen LogP contribution in [0.15, 0.2) is 18.2 Å². The number of carbonyl (C=O) groups excluding carboxylic acids is 2. The number of phenols is 2. The quantitative estimate of drug-likeness (QED) is 0.728. The molecular formula is C15H20N2O4. The smallest absolute Gasteiger partial charge is 0.251 e. The molecule has 1 aromatic carbocycles. The molecule has 114 valence electrons. The highest BCUT2D eigenvalue weighted by Gasteiger charge is 2.16. The fraction of sp³-hybridized carbons (Fsp3) is 0.467. The number of phenolic OH excluding ortho intramolecular Hbond substituents is 2. The largest absolute Gasteiger partial charge is 0.504 e. The van der Waals surface area contributed by atoms with E-state index in [4.69, 9.17) is 0 Å². The van der Waals surface area contributed by atoms with Crippen LogP contribution >= 0.6 is 0 Å². The first kappa shape index (κ1) is 15.2. The van der Waals surface area contributed by atoms with Crippen molar-refractivity contribution in [3.8, 4) is 11.5 Å². The number of hydrogen-bond acceptors (Lipinski definition) is 4. The molecule has 1 fully saturated rings. The molecule has 1 aliphatic rings. The molecule has 0 aliphatic carbocycles. The van der Waals surface area contributed by atoms with E-state index in [1.54, 1.807) is 0 Å². The Hall–Kier alpha value is -2.24. The van der Waals surface area contributed by atoms with E-state index in [1.807, 2.05) is 4.90 Å². The highest BCUT2D eigenvalue weighted by molar-refractivity contribution is 5.95. The van der Waals surface area contributed by atoms with Gasteiger partial charge in [-0.25, -0.2) is 0 Å². The summed E-state index contributed by atoms with van der Waals surface area (Å²) in [6.07, 6.45) is 3.54. The Morgan fingerprint density at radius 3 is 2.48 bits per heavy atom. The fourth-order valence-corrected chi connectivity index (χ4v) is 2.35. The molecule has 1 heterocycles.